The number of rotatable bonds is 4. The van der Waals surface area contributed by atoms with Crippen LogP contribution in [0, 0.1) is 0 Å². The van der Waals surface area contributed by atoms with Crippen LogP contribution in [0.15, 0.2) is 6.07 Å². The van der Waals surface area contributed by atoms with Crippen LogP contribution in [-0.2, 0) is 16.0 Å². The summed E-state index contributed by atoms with van der Waals surface area (Å²) in [5, 5.41) is 10.3. The van der Waals surface area contributed by atoms with Crippen LogP contribution in [0.2, 0.25) is 5.15 Å². The van der Waals surface area contributed by atoms with E-state index in [1.807, 2.05) is 11.8 Å². The molecule has 0 aromatic carbocycles. The van der Waals surface area contributed by atoms with Crippen molar-refractivity contribution < 1.29 is 14.6 Å². The molecule has 124 valence electrons. The molecule has 0 spiro atoms. The van der Waals surface area contributed by atoms with Gasteiger partial charge in [-0.1, -0.05) is 11.6 Å². The molecule has 3 heterocycles. The Morgan fingerprint density at radius 2 is 2.35 bits per heavy atom. The highest BCUT2D eigenvalue weighted by Crippen LogP contribution is 2.31. The number of nitrogens with zero attached hydrogens (tertiary/aromatic N) is 3. The average molecular weight is 339 g/mol. The van der Waals surface area contributed by atoms with Gasteiger partial charge in [0.25, 0.3) is 0 Å². The van der Waals surface area contributed by atoms with Gasteiger partial charge in [-0.15, -0.1) is 0 Å². The number of carbonyl (C=O) groups excluding carboxylic acids is 1. The maximum Gasteiger partial charge on any atom is 0.313 e. The number of hydrogen-bond acceptors (Lipinski definition) is 6. The summed E-state index contributed by atoms with van der Waals surface area (Å²) in [4.78, 5) is 25.6. The maximum atomic E-state index is 11.6. The van der Waals surface area contributed by atoms with Gasteiger partial charge in [-0.2, -0.15) is 0 Å². The number of aliphatic hydroxyl groups is 1. The van der Waals surface area contributed by atoms with E-state index in [1.165, 1.54) is 0 Å². The largest absolute Gasteiger partial charge is 0.466 e. The Kier molecular flexibility index (Phi) is 4.41. The first-order chi connectivity index (χ1) is 11.0. The van der Waals surface area contributed by atoms with Gasteiger partial charge in [0.05, 0.1) is 24.3 Å². The molecule has 2 N–H and O–H groups in total. The number of H-pyrrole nitrogens is 1. The lowest BCUT2D eigenvalue weighted by Gasteiger charge is -2.24. The van der Waals surface area contributed by atoms with Crippen LogP contribution in [0.5, 0.6) is 0 Å². The number of imidazole rings is 1. The molecular formula is C15H19ClN4O3. The Bertz CT molecular complexity index is 733. The van der Waals surface area contributed by atoms with Crippen LogP contribution in [0.4, 0.5) is 5.82 Å². The molecule has 23 heavy (non-hydrogen) atoms. The summed E-state index contributed by atoms with van der Waals surface area (Å²) >= 11 is 6.11. The Morgan fingerprint density at radius 1 is 1.57 bits per heavy atom. The molecular weight excluding hydrogens is 320 g/mol. The van der Waals surface area contributed by atoms with Gasteiger partial charge in [0, 0.05) is 12.6 Å². The molecule has 0 unspecified atom stereocenters. The Hall–Kier alpha value is -1.86. The van der Waals surface area contributed by atoms with Crippen molar-refractivity contribution in [2.75, 3.05) is 18.1 Å². The first kappa shape index (κ1) is 16.0. The number of halogens is 1. The number of nitrogens with one attached hydrogen (secondary N) is 1. The van der Waals surface area contributed by atoms with E-state index < -0.39 is 6.10 Å². The zero-order chi connectivity index (χ0) is 16.6. The number of aromatic nitrogens is 3. The molecule has 1 aliphatic rings. The first-order valence-electron chi connectivity index (χ1n) is 7.65. The monoisotopic (exact) mass is 338 g/mol. The second kappa shape index (κ2) is 6.33. The fourth-order valence-electron chi connectivity index (χ4n) is 2.87. The normalized spacial score (nSPS) is 21.1. The summed E-state index contributed by atoms with van der Waals surface area (Å²) in [6.45, 7) is 4.72. The van der Waals surface area contributed by atoms with Gasteiger partial charge in [0.15, 0.2) is 5.82 Å². The van der Waals surface area contributed by atoms with E-state index in [0.717, 1.165) is 0 Å². The van der Waals surface area contributed by atoms with Gasteiger partial charge in [-0.3, -0.25) is 4.79 Å². The van der Waals surface area contributed by atoms with Crippen molar-refractivity contribution >= 4 is 34.4 Å². The second-order valence-corrected chi connectivity index (χ2v) is 6.01. The summed E-state index contributed by atoms with van der Waals surface area (Å²) in [6, 6.07) is 1.62. The minimum absolute atomic E-state index is 0.0608. The average Bonchev–Trinajstić information content (AvgIpc) is 3.02. The van der Waals surface area contributed by atoms with Gasteiger partial charge >= 0.3 is 5.97 Å². The van der Waals surface area contributed by atoms with Crippen LogP contribution in [-0.4, -0.2) is 51.3 Å². The fourth-order valence-corrected chi connectivity index (χ4v) is 3.06. The predicted molar refractivity (Wildman–Crippen MR) is 86.7 cm³/mol. The zero-order valence-electron chi connectivity index (χ0n) is 13.0. The molecule has 8 heteroatoms. The summed E-state index contributed by atoms with van der Waals surface area (Å²) in [6.07, 6.45) is 0.345. The molecule has 2 atom stereocenters. The van der Waals surface area contributed by atoms with Crippen molar-refractivity contribution in [3.63, 3.8) is 0 Å². The van der Waals surface area contributed by atoms with E-state index in [2.05, 4.69) is 15.0 Å². The van der Waals surface area contributed by atoms with E-state index in [0.29, 0.717) is 47.4 Å². The number of aromatic amines is 1. The second-order valence-electron chi connectivity index (χ2n) is 5.62. The van der Waals surface area contributed by atoms with Crippen molar-refractivity contribution in [1.82, 2.24) is 15.0 Å². The van der Waals surface area contributed by atoms with Crippen molar-refractivity contribution in [2.45, 2.75) is 38.8 Å². The molecule has 2 aromatic rings. The molecule has 0 amide bonds. The zero-order valence-corrected chi connectivity index (χ0v) is 13.8. The third kappa shape index (κ3) is 3.11. The standard InChI is InChI=1S/C15H19ClN4O3/c1-3-23-13(22)7-12-17-9-6-11(16)18-15(14(9)19-12)20-5-4-10(21)8(20)2/h6,8,10,21H,3-5,7H2,1-2H3,(H,17,19)/t8-,10+/m1/s1. The lowest BCUT2D eigenvalue weighted by molar-refractivity contribution is -0.142. The highest BCUT2D eigenvalue weighted by Gasteiger charge is 2.32. The van der Waals surface area contributed by atoms with Gasteiger partial charge in [-0.05, 0) is 20.3 Å². The van der Waals surface area contributed by atoms with Crippen LogP contribution >= 0.6 is 11.6 Å². The van der Waals surface area contributed by atoms with Crippen molar-refractivity contribution in [2.24, 2.45) is 0 Å². The van der Waals surface area contributed by atoms with E-state index in [4.69, 9.17) is 16.3 Å². The smallest absolute Gasteiger partial charge is 0.313 e. The third-order valence-corrected chi connectivity index (χ3v) is 4.27. The topological polar surface area (TPSA) is 91.3 Å². The molecule has 2 aromatic heterocycles. The highest BCUT2D eigenvalue weighted by atomic mass is 35.5. The Morgan fingerprint density at radius 3 is 3.00 bits per heavy atom. The summed E-state index contributed by atoms with van der Waals surface area (Å²) < 4.78 is 4.94. The summed E-state index contributed by atoms with van der Waals surface area (Å²) in [5.41, 5.74) is 1.36. The lowest BCUT2D eigenvalue weighted by Crippen LogP contribution is -2.32. The fraction of sp³-hybridized carbons (Fsp3) is 0.533. The number of ether oxygens (including phenoxy) is 1. The molecule has 1 saturated heterocycles. The van der Waals surface area contributed by atoms with Crippen LogP contribution in [0.3, 0.4) is 0 Å². The first-order valence-corrected chi connectivity index (χ1v) is 8.03. The van der Waals surface area contributed by atoms with Gasteiger partial charge in [0.2, 0.25) is 0 Å². The molecule has 0 radical (unpaired) electrons. The van der Waals surface area contributed by atoms with Gasteiger partial charge < -0.3 is 19.7 Å². The molecule has 1 fully saturated rings. The summed E-state index contributed by atoms with van der Waals surface area (Å²) in [5.74, 6) is 0.802. The Labute approximate surface area is 138 Å². The number of fused-ring (bicyclic) bond motifs is 1. The van der Waals surface area contributed by atoms with Gasteiger partial charge in [0.1, 0.15) is 22.9 Å². The molecule has 0 saturated carbocycles. The van der Waals surface area contributed by atoms with E-state index in [9.17, 15) is 9.90 Å². The molecule has 0 bridgehead atoms. The minimum Gasteiger partial charge on any atom is -0.466 e. The molecule has 7 nitrogen and oxygen atoms in total. The van der Waals surface area contributed by atoms with E-state index in [-0.39, 0.29) is 18.4 Å². The number of carbonyl (C=O) groups is 1. The number of anilines is 1. The van der Waals surface area contributed by atoms with Gasteiger partial charge in [-0.25, -0.2) is 9.97 Å². The minimum atomic E-state index is -0.399. The van der Waals surface area contributed by atoms with E-state index >= 15 is 0 Å². The number of esters is 1. The predicted octanol–water partition coefficient (Wildman–Crippen LogP) is 1.68. The quantitative estimate of drug-likeness (QED) is 0.651. The number of hydrogen-bond donors (Lipinski definition) is 2. The van der Waals surface area contributed by atoms with Crippen LogP contribution < -0.4 is 4.90 Å². The van der Waals surface area contributed by atoms with Crippen LogP contribution in [0.1, 0.15) is 26.1 Å². The number of pyridine rings is 1. The van der Waals surface area contributed by atoms with E-state index in [1.54, 1.807) is 13.0 Å². The molecule has 1 aliphatic heterocycles. The Balaban J connectivity index is 1.98. The van der Waals surface area contributed by atoms with Crippen molar-refractivity contribution in [3.05, 3.63) is 17.0 Å². The molecule has 0 aliphatic carbocycles. The van der Waals surface area contributed by atoms with Crippen LogP contribution in [0.25, 0.3) is 11.0 Å². The lowest BCUT2D eigenvalue weighted by atomic mass is 10.2. The number of aliphatic hydroxyl groups excluding tert-OH is 1. The van der Waals surface area contributed by atoms with Crippen molar-refractivity contribution in [3.8, 4) is 0 Å². The third-order valence-electron chi connectivity index (χ3n) is 4.07. The SMILES string of the molecule is CCOC(=O)Cc1nc2c(N3CC[C@H](O)[C@H]3C)nc(Cl)cc2[nH]1. The molecule has 3 rings (SSSR count). The summed E-state index contributed by atoms with van der Waals surface area (Å²) in [7, 11) is 0. The van der Waals surface area contributed by atoms with Crippen molar-refractivity contribution in [1.29, 1.82) is 0 Å². The maximum absolute atomic E-state index is 11.6. The highest BCUT2D eigenvalue weighted by molar-refractivity contribution is 6.30.